The van der Waals surface area contributed by atoms with Crippen molar-refractivity contribution in [1.82, 2.24) is 4.90 Å². The number of hydrogen-bond donors (Lipinski definition) is 0. The van der Waals surface area contributed by atoms with Crippen LogP contribution in [0, 0.1) is 12.8 Å². The van der Waals surface area contributed by atoms with E-state index in [-0.39, 0.29) is 0 Å². The molecule has 0 amide bonds. The van der Waals surface area contributed by atoms with Gasteiger partial charge in [0.2, 0.25) is 0 Å². The van der Waals surface area contributed by atoms with Gasteiger partial charge in [-0.15, -0.1) is 22.7 Å². The van der Waals surface area contributed by atoms with Gasteiger partial charge in [0.05, 0.1) is 0 Å². The van der Waals surface area contributed by atoms with Gasteiger partial charge in [-0.25, -0.2) is 0 Å². The van der Waals surface area contributed by atoms with Gasteiger partial charge in [0.15, 0.2) is 0 Å². The lowest BCUT2D eigenvalue weighted by Crippen LogP contribution is -2.20. The molecule has 0 spiro atoms. The van der Waals surface area contributed by atoms with E-state index >= 15 is 0 Å². The molecule has 1 atom stereocenters. The average molecular weight is 354 g/mol. The van der Waals surface area contributed by atoms with Gasteiger partial charge in [-0.2, -0.15) is 0 Å². The Kier molecular flexibility index (Phi) is 4.83. The molecule has 3 aromatic rings. The highest BCUT2D eigenvalue weighted by Gasteiger charge is 2.23. The van der Waals surface area contributed by atoms with Gasteiger partial charge in [0.25, 0.3) is 0 Å². The second-order valence-corrected chi connectivity index (χ2v) is 8.94. The average Bonchev–Trinajstić information content (AvgIpc) is 3.29. The summed E-state index contributed by atoms with van der Waals surface area (Å²) >= 11 is 3.81. The van der Waals surface area contributed by atoms with Crippen LogP contribution in [0.1, 0.15) is 22.4 Å². The Balaban J connectivity index is 1.34. The summed E-state index contributed by atoms with van der Waals surface area (Å²) in [6, 6.07) is 17.9. The molecule has 4 rings (SSSR count). The molecule has 2 aromatic heterocycles. The van der Waals surface area contributed by atoms with Crippen LogP contribution in [-0.4, -0.2) is 18.0 Å². The molecule has 1 unspecified atom stereocenters. The fourth-order valence-corrected chi connectivity index (χ4v) is 5.57. The smallest absolute Gasteiger partial charge is 0.0445 e. The molecule has 0 saturated carbocycles. The SMILES string of the molecule is Cc1cccc(CN2CCC(Cc3ccc(-c4cccs4)s3)C2)c1. The molecule has 1 aliphatic rings. The van der Waals surface area contributed by atoms with Gasteiger partial charge in [0, 0.05) is 27.7 Å². The quantitative estimate of drug-likeness (QED) is 0.556. The highest BCUT2D eigenvalue weighted by Crippen LogP contribution is 2.33. The third-order valence-electron chi connectivity index (χ3n) is 4.77. The number of hydrogen-bond acceptors (Lipinski definition) is 3. The van der Waals surface area contributed by atoms with Crippen molar-refractivity contribution in [2.75, 3.05) is 13.1 Å². The minimum absolute atomic E-state index is 0.810. The fourth-order valence-electron chi connectivity index (χ4n) is 3.62. The molecule has 1 nitrogen and oxygen atoms in total. The van der Waals surface area contributed by atoms with Gasteiger partial charge in [-0.3, -0.25) is 4.90 Å². The third kappa shape index (κ3) is 3.80. The normalized spacial score (nSPS) is 18.3. The lowest BCUT2D eigenvalue weighted by atomic mass is 10.0. The maximum Gasteiger partial charge on any atom is 0.0445 e. The highest BCUT2D eigenvalue weighted by atomic mass is 32.1. The maximum atomic E-state index is 2.62. The molecule has 0 aliphatic carbocycles. The zero-order chi connectivity index (χ0) is 16.4. The number of aryl methyl sites for hydroxylation is 1. The van der Waals surface area contributed by atoms with Gasteiger partial charge in [-0.1, -0.05) is 35.9 Å². The zero-order valence-electron chi connectivity index (χ0n) is 14.1. The van der Waals surface area contributed by atoms with E-state index in [9.17, 15) is 0 Å². The molecule has 1 aliphatic heterocycles. The molecule has 0 N–H and O–H groups in total. The predicted molar refractivity (Wildman–Crippen MR) is 106 cm³/mol. The van der Waals surface area contributed by atoms with E-state index in [1.165, 1.54) is 46.8 Å². The molecule has 0 radical (unpaired) electrons. The van der Waals surface area contributed by atoms with E-state index in [2.05, 4.69) is 65.7 Å². The van der Waals surface area contributed by atoms with Crippen molar-refractivity contribution in [3.8, 4) is 9.75 Å². The van der Waals surface area contributed by atoms with Crippen LogP contribution in [0.4, 0.5) is 0 Å². The van der Waals surface area contributed by atoms with Crippen molar-refractivity contribution in [3.05, 3.63) is 69.9 Å². The standard InChI is InChI=1S/C21H23NS2/c1-16-4-2-5-17(12-16)14-22-10-9-18(15-22)13-19-7-8-21(24-19)20-6-3-11-23-20/h2-8,11-12,18H,9-10,13-15H2,1H3. The first-order valence-corrected chi connectivity index (χ1v) is 10.4. The summed E-state index contributed by atoms with van der Waals surface area (Å²) in [7, 11) is 0. The molecule has 0 bridgehead atoms. The molecule has 124 valence electrons. The summed E-state index contributed by atoms with van der Waals surface area (Å²) in [5.41, 5.74) is 2.81. The van der Waals surface area contributed by atoms with E-state index in [0.29, 0.717) is 0 Å². The summed E-state index contributed by atoms with van der Waals surface area (Å²) in [6.45, 7) is 5.75. The van der Waals surface area contributed by atoms with E-state index in [4.69, 9.17) is 0 Å². The zero-order valence-corrected chi connectivity index (χ0v) is 15.7. The molecule has 24 heavy (non-hydrogen) atoms. The van der Waals surface area contributed by atoms with E-state index in [0.717, 1.165) is 12.5 Å². The minimum atomic E-state index is 0.810. The molecule has 1 fully saturated rings. The predicted octanol–water partition coefficient (Wildman–Crippen LogP) is 5.85. The molecular formula is C21H23NS2. The van der Waals surface area contributed by atoms with E-state index in [1.807, 2.05) is 22.7 Å². The Morgan fingerprint density at radius 1 is 1.08 bits per heavy atom. The lowest BCUT2D eigenvalue weighted by molar-refractivity contribution is 0.316. The van der Waals surface area contributed by atoms with Crippen molar-refractivity contribution < 1.29 is 0 Å². The van der Waals surface area contributed by atoms with Crippen LogP contribution >= 0.6 is 22.7 Å². The van der Waals surface area contributed by atoms with Gasteiger partial charge >= 0.3 is 0 Å². The number of thiophene rings is 2. The summed E-state index contributed by atoms with van der Waals surface area (Å²) < 4.78 is 0. The third-order valence-corrected chi connectivity index (χ3v) is 6.95. The fraction of sp³-hybridized carbons (Fsp3) is 0.333. The molecular weight excluding hydrogens is 330 g/mol. The first-order chi connectivity index (χ1) is 11.8. The summed E-state index contributed by atoms with van der Waals surface area (Å²) in [5, 5.41) is 2.16. The van der Waals surface area contributed by atoms with Crippen molar-refractivity contribution in [3.63, 3.8) is 0 Å². The van der Waals surface area contributed by atoms with E-state index in [1.54, 1.807) is 4.88 Å². The molecule has 3 heteroatoms. The first-order valence-electron chi connectivity index (χ1n) is 8.67. The molecule has 3 heterocycles. The highest BCUT2D eigenvalue weighted by molar-refractivity contribution is 7.21. The van der Waals surface area contributed by atoms with Crippen LogP contribution in [0.15, 0.2) is 53.9 Å². The minimum Gasteiger partial charge on any atom is -0.299 e. The van der Waals surface area contributed by atoms with Crippen LogP contribution in [0.3, 0.4) is 0 Å². The Hall–Kier alpha value is -1.42. The summed E-state index contributed by atoms with van der Waals surface area (Å²) in [5.74, 6) is 0.810. The van der Waals surface area contributed by atoms with Gasteiger partial charge < -0.3 is 0 Å². The van der Waals surface area contributed by atoms with Crippen LogP contribution in [0.2, 0.25) is 0 Å². The van der Waals surface area contributed by atoms with Crippen molar-refractivity contribution in [2.45, 2.75) is 26.3 Å². The Labute approximate surface area is 152 Å². The molecule has 1 saturated heterocycles. The Bertz CT molecular complexity index is 788. The van der Waals surface area contributed by atoms with Gasteiger partial charge in [0.1, 0.15) is 0 Å². The second-order valence-electron chi connectivity index (χ2n) is 6.83. The summed E-state index contributed by atoms with van der Waals surface area (Å²) in [6.07, 6.45) is 2.57. The van der Waals surface area contributed by atoms with Crippen molar-refractivity contribution in [2.24, 2.45) is 5.92 Å². The molecule has 1 aromatic carbocycles. The lowest BCUT2D eigenvalue weighted by Gasteiger charge is -2.16. The largest absolute Gasteiger partial charge is 0.299 e. The van der Waals surface area contributed by atoms with Crippen LogP contribution in [0.25, 0.3) is 9.75 Å². The van der Waals surface area contributed by atoms with Crippen molar-refractivity contribution in [1.29, 1.82) is 0 Å². The Morgan fingerprint density at radius 2 is 2.04 bits per heavy atom. The second kappa shape index (κ2) is 7.22. The Morgan fingerprint density at radius 3 is 2.88 bits per heavy atom. The number of rotatable bonds is 5. The van der Waals surface area contributed by atoms with E-state index < -0.39 is 0 Å². The summed E-state index contributed by atoms with van der Waals surface area (Å²) in [4.78, 5) is 6.99. The first kappa shape index (κ1) is 16.1. The number of benzene rings is 1. The van der Waals surface area contributed by atoms with Crippen LogP contribution in [0.5, 0.6) is 0 Å². The van der Waals surface area contributed by atoms with Crippen LogP contribution in [-0.2, 0) is 13.0 Å². The maximum absolute atomic E-state index is 2.62. The number of likely N-dealkylation sites (tertiary alicyclic amines) is 1. The van der Waals surface area contributed by atoms with Crippen LogP contribution < -0.4 is 0 Å². The topological polar surface area (TPSA) is 3.24 Å². The number of nitrogens with zero attached hydrogens (tertiary/aromatic N) is 1. The van der Waals surface area contributed by atoms with Gasteiger partial charge in [-0.05, 0) is 61.4 Å². The van der Waals surface area contributed by atoms with Crippen molar-refractivity contribution >= 4 is 22.7 Å². The monoisotopic (exact) mass is 353 g/mol.